The number of nitrogens with one attached hydrogen (secondary N) is 2. The Kier molecular flexibility index (Phi) is 5.59. The number of methoxy groups -OCH3 is 1. The van der Waals surface area contributed by atoms with Gasteiger partial charge in [-0.15, -0.1) is 0 Å². The first kappa shape index (κ1) is 15.6. The Morgan fingerprint density at radius 2 is 1.95 bits per heavy atom. The van der Waals surface area contributed by atoms with Crippen LogP contribution in [0.1, 0.15) is 18.6 Å². The molecule has 0 radical (unpaired) electrons. The highest BCUT2D eigenvalue weighted by Crippen LogP contribution is 2.16. The van der Waals surface area contributed by atoms with Gasteiger partial charge in [0.2, 0.25) is 11.8 Å². The van der Waals surface area contributed by atoms with Crippen LogP contribution < -0.4 is 15.4 Å². The van der Waals surface area contributed by atoms with Gasteiger partial charge in [-0.3, -0.25) is 9.59 Å². The molecule has 6 heteroatoms. The normalized spacial score (nSPS) is 10.0. The first-order valence-corrected chi connectivity index (χ1v) is 6.90. The minimum atomic E-state index is -0.221. The van der Waals surface area contributed by atoms with Crippen LogP contribution in [0.4, 0.5) is 5.69 Å². The third-order valence-electron chi connectivity index (χ3n) is 2.97. The number of carbonyl (C=O) groups excluding carboxylic acids is 2. The molecule has 1 aromatic carbocycles. The molecule has 0 unspecified atom stereocenters. The molecule has 0 fully saturated rings. The lowest BCUT2D eigenvalue weighted by Crippen LogP contribution is -2.24. The number of furan rings is 1. The van der Waals surface area contributed by atoms with Crippen LogP contribution >= 0.6 is 0 Å². The van der Waals surface area contributed by atoms with E-state index in [4.69, 9.17) is 9.15 Å². The van der Waals surface area contributed by atoms with Gasteiger partial charge in [0.15, 0.2) is 0 Å². The summed E-state index contributed by atoms with van der Waals surface area (Å²) in [4.78, 5) is 23.4. The molecule has 0 aliphatic carbocycles. The Morgan fingerprint density at radius 3 is 2.68 bits per heavy atom. The van der Waals surface area contributed by atoms with Crippen molar-refractivity contribution >= 4 is 17.5 Å². The average Bonchev–Trinajstić information content (AvgIpc) is 3.04. The molecule has 6 nitrogen and oxygen atoms in total. The van der Waals surface area contributed by atoms with Gasteiger partial charge in [-0.1, -0.05) is 6.07 Å². The van der Waals surface area contributed by atoms with Crippen LogP contribution in [0.2, 0.25) is 0 Å². The third-order valence-corrected chi connectivity index (χ3v) is 2.97. The highest BCUT2D eigenvalue weighted by Gasteiger charge is 2.08. The van der Waals surface area contributed by atoms with Crippen molar-refractivity contribution in [2.75, 3.05) is 12.4 Å². The minimum absolute atomic E-state index is 0.112. The van der Waals surface area contributed by atoms with E-state index in [1.54, 1.807) is 49.8 Å². The zero-order chi connectivity index (χ0) is 15.8. The second-order valence-corrected chi connectivity index (χ2v) is 4.64. The van der Waals surface area contributed by atoms with Crippen molar-refractivity contribution in [3.63, 3.8) is 0 Å². The monoisotopic (exact) mass is 302 g/mol. The first-order chi connectivity index (χ1) is 10.7. The largest absolute Gasteiger partial charge is 0.497 e. The summed E-state index contributed by atoms with van der Waals surface area (Å²) >= 11 is 0. The van der Waals surface area contributed by atoms with Crippen LogP contribution in [-0.4, -0.2) is 18.9 Å². The average molecular weight is 302 g/mol. The lowest BCUT2D eigenvalue weighted by Gasteiger charge is -2.07. The molecule has 0 atom stereocenters. The van der Waals surface area contributed by atoms with Gasteiger partial charge in [-0.05, 0) is 24.3 Å². The molecular formula is C16H18N2O4. The maximum atomic E-state index is 11.8. The topological polar surface area (TPSA) is 80.6 Å². The van der Waals surface area contributed by atoms with Gasteiger partial charge in [0.05, 0.1) is 19.9 Å². The molecule has 0 bridgehead atoms. The molecule has 1 aromatic heterocycles. The van der Waals surface area contributed by atoms with Crippen molar-refractivity contribution in [2.24, 2.45) is 0 Å². The zero-order valence-electron chi connectivity index (χ0n) is 12.3. The molecule has 0 spiro atoms. The predicted octanol–water partition coefficient (Wildman–Crippen LogP) is 2.32. The maximum absolute atomic E-state index is 11.8. The summed E-state index contributed by atoms with van der Waals surface area (Å²) in [6.45, 7) is 0.323. The van der Waals surface area contributed by atoms with Crippen molar-refractivity contribution in [1.29, 1.82) is 0 Å². The summed E-state index contributed by atoms with van der Waals surface area (Å²) in [5.74, 6) is 0.918. The summed E-state index contributed by atoms with van der Waals surface area (Å²) in [7, 11) is 1.56. The van der Waals surface area contributed by atoms with Gasteiger partial charge >= 0.3 is 0 Å². The van der Waals surface area contributed by atoms with Crippen LogP contribution in [0.5, 0.6) is 5.75 Å². The standard InChI is InChI=1S/C16H18N2O4/c1-21-13-5-2-4-12(10-13)18-16(20)8-7-15(19)17-11-14-6-3-9-22-14/h2-6,9-10H,7-8,11H2,1H3,(H,17,19)(H,18,20). The molecule has 0 aliphatic heterocycles. The second-order valence-electron chi connectivity index (χ2n) is 4.64. The van der Waals surface area contributed by atoms with Crippen LogP contribution in [0.25, 0.3) is 0 Å². The quantitative estimate of drug-likeness (QED) is 0.822. The maximum Gasteiger partial charge on any atom is 0.224 e. The summed E-state index contributed by atoms with van der Waals surface area (Å²) in [6, 6.07) is 10.6. The first-order valence-electron chi connectivity index (χ1n) is 6.90. The number of benzene rings is 1. The number of ether oxygens (including phenoxy) is 1. The fourth-order valence-corrected chi connectivity index (χ4v) is 1.84. The Labute approximate surface area is 128 Å². The van der Waals surface area contributed by atoms with Crippen molar-refractivity contribution in [3.05, 3.63) is 48.4 Å². The van der Waals surface area contributed by atoms with Gasteiger partial charge in [0.1, 0.15) is 11.5 Å². The van der Waals surface area contributed by atoms with E-state index in [9.17, 15) is 9.59 Å². The summed E-state index contributed by atoms with van der Waals surface area (Å²) in [5.41, 5.74) is 0.639. The Balaban J connectivity index is 1.71. The highest BCUT2D eigenvalue weighted by molar-refractivity contribution is 5.93. The summed E-state index contributed by atoms with van der Waals surface area (Å²) < 4.78 is 10.2. The molecule has 0 saturated heterocycles. The molecule has 2 amide bonds. The second kappa shape index (κ2) is 7.87. The van der Waals surface area contributed by atoms with Crippen LogP contribution in [0.3, 0.4) is 0 Å². The fourth-order valence-electron chi connectivity index (χ4n) is 1.84. The van der Waals surface area contributed by atoms with E-state index < -0.39 is 0 Å². The van der Waals surface area contributed by atoms with Crippen LogP contribution in [0.15, 0.2) is 47.1 Å². The van der Waals surface area contributed by atoms with E-state index in [1.165, 1.54) is 0 Å². The molecule has 22 heavy (non-hydrogen) atoms. The number of rotatable bonds is 7. The van der Waals surface area contributed by atoms with Gasteiger partial charge in [-0.2, -0.15) is 0 Å². The molecule has 0 aliphatic rings. The lowest BCUT2D eigenvalue weighted by molar-refractivity contribution is -0.124. The number of amides is 2. The molecule has 1 heterocycles. The van der Waals surface area contributed by atoms with E-state index in [-0.39, 0.29) is 24.7 Å². The summed E-state index contributed by atoms with van der Waals surface area (Å²) in [6.07, 6.45) is 1.78. The van der Waals surface area contributed by atoms with Gasteiger partial charge < -0.3 is 19.8 Å². The fraction of sp³-hybridized carbons (Fsp3) is 0.250. The lowest BCUT2D eigenvalue weighted by atomic mass is 10.2. The van der Waals surface area contributed by atoms with E-state index in [0.29, 0.717) is 23.7 Å². The molecular weight excluding hydrogens is 284 g/mol. The van der Waals surface area contributed by atoms with E-state index in [2.05, 4.69) is 10.6 Å². The Bertz CT molecular complexity index is 623. The molecule has 116 valence electrons. The van der Waals surface area contributed by atoms with Crippen molar-refractivity contribution in [3.8, 4) is 5.75 Å². The van der Waals surface area contributed by atoms with Gasteiger partial charge in [0.25, 0.3) is 0 Å². The number of hydrogen-bond donors (Lipinski definition) is 2. The number of anilines is 1. The number of carbonyl (C=O) groups is 2. The smallest absolute Gasteiger partial charge is 0.224 e. The Hall–Kier alpha value is -2.76. The Morgan fingerprint density at radius 1 is 1.14 bits per heavy atom. The van der Waals surface area contributed by atoms with Gasteiger partial charge in [-0.25, -0.2) is 0 Å². The van der Waals surface area contributed by atoms with E-state index >= 15 is 0 Å². The zero-order valence-corrected chi connectivity index (χ0v) is 12.3. The molecule has 2 N–H and O–H groups in total. The van der Waals surface area contributed by atoms with E-state index in [0.717, 1.165) is 0 Å². The molecule has 2 rings (SSSR count). The van der Waals surface area contributed by atoms with Crippen LogP contribution in [-0.2, 0) is 16.1 Å². The van der Waals surface area contributed by atoms with Crippen molar-refractivity contribution in [1.82, 2.24) is 5.32 Å². The summed E-state index contributed by atoms with van der Waals surface area (Å²) in [5, 5.41) is 5.41. The van der Waals surface area contributed by atoms with Crippen molar-refractivity contribution < 1.29 is 18.7 Å². The van der Waals surface area contributed by atoms with Crippen LogP contribution in [0, 0.1) is 0 Å². The SMILES string of the molecule is COc1cccc(NC(=O)CCC(=O)NCc2ccco2)c1. The number of hydrogen-bond acceptors (Lipinski definition) is 4. The molecule has 0 saturated carbocycles. The van der Waals surface area contributed by atoms with Crippen molar-refractivity contribution in [2.45, 2.75) is 19.4 Å². The third kappa shape index (κ3) is 4.97. The highest BCUT2D eigenvalue weighted by atomic mass is 16.5. The molecule has 2 aromatic rings. The predicted molar refractivity (Wildman–Crippen MR) is 81.4 cm³/mol. The minimum Gasteiger partial charge on any atom is -0.497 e. The van der Waals surface area contributed by atoms with E-state index in [1.807, 2.05) is 0 Å². The van der Waals surface area contributed by atoms with Gasteiger partial charge in [0, 0.05) is 24.6 Å².